The Morgan fingerprint density at radius 2 is 2.00 bits per heavy atom. The van der Waals surface area contributed by atoms with Crippen molar-refractivity contribution >= 4 is 5.97 Å². The third kappa shape index (κ3) is 4.24. The molecule has 0 saturated heterocycles. The molecule has 0 aromatic heterocycles. The predicted octanol–water partition coefficient (Wildman–Crippen LogP) is 0.552. The van der Waals surface area contributed by atoms with Gasteiger partial charge in [0.2, 0.25) is 0 Å². The molecule has 0 aliphatic rings. The van der Waals surface area contributed by atoms with Crippen LogP contribution in [0.25, 0.3) is 0 Å². The molecule has 0 aliphatic carbocycles. The number of unbranched alkanes of at least 4 members (excludes halogenated alkanes) is 1. The molecule has 0 spiro atoms. The first-order valence-electron chi connectivity index (χ1n) is 4.58. The maximum Gasteiger partial charge on any atom is 0.334 e. The van der Waals surface area contributed by atoms with Crippen molar-refractivity contribution in [2.75, 3.05) is 14.1 Å². The molecule has 0 amide bonds. The molecule has 0 aromatic carbocycles. The zero-order valence-electron chi connectivity index (χ0n) is 8.53. The van der Waals surface area contributed by atoms with E-state index in [0.29, 0.717) is 0 Å². The highest BCUT2D eigenvalue weighted by Crippen LogP contribution is 2.10. The highest BCUT2D eigenvalue weighted by Gasteiger charge is 2.26. The number of hydrogen-bond donors (Lipinski definition) is 2. The van der Waals surface area contributed by atoms with Crippen LogP contribution in [0.5, 0.6) is 0 Å². The second kappa shape index (κ2) is 5.94. The molecule has 4 heteroatoms. The Labute approximate surface area is 79.2 Å². The van der Waals surface area contributed by atoms with Crippen LogP contribution in [0.2, 0.25) is 0 Å². The van der Waals surface area contributed by atoms with E-state index in [9.17, 15) is 9.90 Å². The van der Waals surface area contributed by atoms with Crippen molar-refractivity contribution in [1.29, 1.82) is 0 Å². The van der Waals surface area contributed by atoms with Gasteiger partial charge in [0.1, 0.15) is 0 Å². The Balaban J connectivity index is 4.15. The molecule has 0 aromatic rings. The van der Waals surface area contributed by atoms with Gasteiger partial charge < -0.3 is 15.1 Å². The van der Waals surface area contributed by atoms with Crippen molar-refractivity contribution < 1.29 is 15.0 Å². The minimum Gasteiger partial charge on any atom is -0.479 e. The van der Waals surface area contributed by atoms with Crippen LogP contribution in [0.1, 0.15) is 26.2 Å². The minimum atomic E-state index is -1.28. The van der Waals surface area contributed by atoms with E-state index < -0.39 is 12.1 Å². The Hall–Kier alpha value is -0.610. The fourth-order valence-electron chi connectivity index (χ4n) is 1.28. The Bertz CT molecular complexity index is 159. The number of carbonyl (C=O) groups is 1. The van der Waals surface area contributed by atoms with Crippen molar-refractivity contribution in [3.8, 4) is 0 Å². The highest BCUT2D eigenvalue weighted by molar-refractivity contribution is 5.72. The van der Waals surface area contributed by atoms with E-state index in [1.165, 1.54) is 0 Å². The average Bonchev–Trinajstić information content (AvgIpc) is 2.04. The van der Waals surface area contributed by atoms with E-state index >= 15 is 0 Å². The minimum absolute atomic E-state index is 0.280. The molecule has 0 aliphatic heterocycles. The van der Waals surface area contributed by atoms with Crippen LogP contribution in [0.4, 0.5) is 0 Å². The summed E-state index contributed by atoms with van der Waals surface area (Å²) in [5, 5.41) is 18.0. The van der Waals surface area contributed by atoms with Crippen LogP contribution >= 0.6 is 0 Å². The lowest BCUT2D eigenvalue weighted by Crippen LogP contribution is -2.43. The summed E-state index contributed by atoms with van der Waals surface area (Å²) in [6, 6.07) is -0.280. The topological polar surface area (TPSA) is 60.8 Å². The second-order valence-corrected chi connectivity index (χ2v) is 3.46. The van der Waals surface area contributed by atoms with Crippen molar-refractivity contribution in [2.24, 2.45) is 0 Å². The SMILES string of the molecule is CCCCC(C(O)C(=O)O)N(C)C. The summed E-state index contributed by atoms with van der Waals surface area (Å²) < 4.78 is 0. The summed E-state index contributed by atoms with van der Waals surface area (Å²) in [4.78, 5) is 12.3. The van der Waals surface area contributed by atoms with Gasteiger partial charge >= 0.3 is 5.97 Å². The summed E-state index contributed by atoms with van der Waals surface area (Å²) in [6.45, 7) is 2.04. The first-order valence-corrected chi connectivity index (χ1v) is 4.58. The lowest BCUT2D eigenvalue weighted by molar-refractivity contribution is -0.150. The largest absolute Gasteiger partial charge is 0.479 e. The molecule has 0 bridgehead atoms. The third-order valence-electron chi connectivity index (χ3n) is 2.13. The quantitative estimate of drug-likeness (QED) is 0.640. The number of aliphatic hydroxyl groups is 1. The molecule has 0 heterocycles. The number of carboxylic acids is 1. The van der Waals surface area contributed by atoms with Gasteiger partial charge in [-0.3, -0.25) is 0 Å². The number of hydrogen-bond acceptors (Lipinski definition) is 3. The van der Waals surface area contributed by atoms with E-state index in [-0.39, 0.29) is 6.04 Å². The normalized spacial score (nSPS) is 15.8. The molecule has 2 atom stereocenters. The van der Waals surface area contributed by atoms with E-state index in [4.69, 9.17) is 5.11 Å². The summed E-state index contributed by atoms with van der Waals surface area (Å²) in [6.07, 6.45) is 1.39. The number of aliphatic hydroxyl groups excluding tert-OH is 1. The molecule has 0 fully saturated rings. The summed E-state index contributed by atoms with van der Waals surface area (Å²) in [5.41, 5.74) is 0. The Morgan fingerprint density at radius 3 is 2.31 bits per heavy atom. The molecule has 0 saturated carbocycles. The van der Waals surface area contributed by atoms with Gasteiger partial charge in [-0.25, -0.2) is 4.79 Å². The van der Waals surface area contributed by atoms with E-state index in [1.54, 1.807) is 19.0 Å². The molecule has 2 N–H and O–H groups in total. The summed E-state index contributed by atoms with van der Waals surface area (Å²) >= 11 is 0. The number of rotatable bonds is 6. The van der Waals surface area contributed by atoms with Crippen LogP contribution in [0, 0.1) is 0 Å². The van der Waals surface area contributed by atoms with Crippen LogP contribution in [0.3, 0.4) is 0 Å². The number of nitrogens with zero attached hydrogens (tertiary/aromatic N) is 1. The van der Waals surface area contributed by atoms with Crippen LogP contribution in [-0.2, 0) is 4.79 Å². The second-order valence-electron chi connectivity index (χ2n) is 3.46. The van der Waals surface area contributed by atoms with Crippen molar-refractivity contribution in [2.45, 2.75) is 38.3 Å². The molecule has 0 radical (unpaired) electrons. The lowest BCUT2D eigenvalue weighted by atomic mass is 10.0. The monoisotopic (exact) mass is 189 g/mol. The van der Waals surface area contributed by atoms with Gasteiger partial charge in [-0.2, -0.15) is 0 Å². The smallest absolute Gasteiger partial charge is 0.334 e. The first-order chi connectivity index (χ1) is 6.00. The van der Waals surface area contributed by atoms with Crippen LogP contribution in [-0.4, -0.2) is 47.3 Å². The molecule has 78 valence electrons. The van der Waals surface area contributed by atoms with Crippen molar-refractivity contribution in [1.82, 2.24) is 4.90 Å². The molecule has 0 rings (SSSR count). The van der Waals surface area contributed by atoms with Gasteiger partial charge in [-0.05, 0) is 20.5 Å². The summed E-state index contributed by atoms with van der Waals surface area (Å²) in [5.74, 6) is -1.14. The van der Waals surface area contributed by atoms with Gasteiger partial charge in [0.15, 0.2) is 6.10 Å². The fraction of sp³-hybridized carbons (Fsp3) is 0.889. The van der Waals surface area contributed by atoms with Gasteiger partial charge in [0.05, 0.1) is 0 Å². The maximum absolute atomic E-state index is 10.5. The van der Waals surface area contributed by atoms with Gasteiger partial charge in [-0.15, -0.1) is 0 Å². The number of likely N-dealkylation sites (N-methyl/N-ethyl adjacent to an activating group) is 1. The fourth-order valence-corrected chi connectivity index (χ4v) is 1.28. The lowest BCUT2D eigenvalue weighted by Gasteiger charge is -2.26. The third-order valence-corrected chi connectivity index (χ3v) is 2.13. The molecule has 13 heavy (non-hydrogen) atoms. The standard InChI is InChI=1S/C9H19NO3/c1-4-5-6-7(10(2)3)8(11)9(12)13/h7-8,11H,4-6H2,1-3H3,(H,12,13). The summed E-state index contributed by atoms with van der Waals surface area (Å²) in [7, 11) is 3.57. The Morgan fingerprint density at radius 1 is 1.46 bits per heavy atom. The molecular weight excluding hydrogens is 170 g/mol. The van der Waals surface area contributed by atoms with E-state index in [0.717, 1.165) is 19.3 Å². The maximum atomic E-state index is 10.5. The van der Waals surface area contributed by atoms with Crippen LogP contribution < -0.4 is 0 Å². The Kier molecular flexibility index (Phi) is 5.66. The van der Waals surface area contributed by atoms with Crippen molar-refractivity contribution in [3.63, 3.8) is 0 Å². The van der Waals surface area contributed by atoms with E-state index in [1.807, 2.05) is 6.92 Å². The zero-order valence-corrected chi connectivity index (χ0v) is 8.53. The van der Waals surface area contributed by atoms with Crippen molar-refractivity contribution in [3.05, 3.63) is 0 Å². The van der Waals surface area contributed by atoms with Crippen LogP contribution in [0.15, 0.2) is 0 Å². The van der Waals surface area contributed by atoms with Gasteiger partial charge in [0, 0.05) is 6.04 Å². The highest BCUT2D eigenvalue weighted by atomic mass is 16.4. The van der Waals surface area contributed by atoms with Gasteiger partial charge in [0.25, 0.3) is 0 Å². The predicted molar refractivity (Wildman–Crippen MR) is 50.6 cm³/mol. The number of aliphatic carboxylic acids is 1. The molecular formula is C9H19NO3. The molecule has 4 nitrogen and oxygen atoms in total. The van der Waals surface area contributed by atoms with E-state index in [2.05, 4.69) is 0 Å². The first kappa shape index (κ1) is 12.4. The van der Waals surface area contributed by atoms with Gasteiger partial charge in [-0.1, -0.05) is 19.8 Å². The number of carboxylic acid groups (broad SMARTS) is 1. The zero-order chi connectivity index (χ0) is 10.4. The molecule has 2 unspecified atom stereocenters. The average molecular weight is 189 g/mol.